The van der Waals surface area contributed by atoms with Gasteiger partial charge in [-0.05, 0) is 6.92 Å². The van der Waals surface area contributed by atoms with Crippen molar-refractivity contribution < 1.29 is 18.3 Å². The maximum atomic E-state index is 12.5. The second-order valence-electron chi connectivity index (χ2n) is 3.21. The zero-order valence-corrected chi connectivity index (χ0v) is 8.30. The van der Waals surface area contributed by atoms with E-state index in [-0.39, 0.29) is 6.61 Å². The van der Waals surface area contributed by atoms with Crippen LogP contribution in [0.3, 0.4) is 0 Å². The number of aromatic amines is 1. The Morgan fingerprint density at radius 2 is 2.25 bits per heavy atom. The van der Waals surface area contributed by atoms with Gasteiger partial charge >= 0.3 is 6.18 Å². The fourth-order valence-corrected chi connectivity index (χ4v) is 1.10. The average molecular weight is 237 g/mol. The lowest BCUT2D eigenvalue weighted by Gasteiger charge is -2.16. The summed E-state index contributed by atoms with van der Waals surface area (Å²) in [6.07, 6.45) is -3.91. The Hall–Kier alpha value is -1.57. The van der Waals surface area contributed by atoms with Gasteiger partial charge in [-0.1, -0.05) is 0 Å². The number of nitrogens with one attached hydrogen (secondary N) is 2. The summed E-state index contributed by atoms with van der Waals surface area (Å²) in [4.78, 5) is 11.0. The van der Waals surface area contributed by atoms with Gasteiger partial charge in [-0.3, -0.25) is 4.79 Å². The van der Waals surface area contributed by atoms with Gasteiger partial charge in [0.15, 0.2) is 0 Å². The van der Waals surface area contributed by atoms with E-state index in [4.69, 9.17) is 5.11 Å². The van der Waals surface area contributed by atoms with Gasteiger partial charge in [0, 0.05) is 6.04 Å². The molecule has 0 spiro atoms. The fraction of sp³-hybridized carbons (Fsp3) is 0.500. The first-order chi connectivity index (χ1) is 7.36. The van der Waals surface area contributed by atoms with E-state index in [1.165, 1.54) is 6.92 Å². The van der Waals surface area contributed by atoms with Gasteiger partial charge in [0.1, 0.15) is 5.56 Å². The molecule has 0 aliphatic rings. The molecule has 8 heteroatoms. The minimum Gasteiger partial charge on any atom is -0.394 e. The molecule has 0 aromatic carbocycles. The summed E-state index contributed by atoms with van der Waals surface area (Å²) < 4.78 is 37.5. The lowest BCUT2D eigenvalue weighted by Crippen LogP contribution is -2.28. The van der Waals surface area contributed by atoms with E-state index in [1.54, 1.807) is 5.10 Å². The average Bonchev–Trinajstić information content (AvgIpc) is 2.15. The summed E-state index contributed by atoms with van der Waals surface area (Å²) in [5.74, 6) is 0. The smallest absolute Gasteiger partial charge is 0.394 e. The molecule has 0 amide bonds. The Morgan fingerprint density at radius 1 is 1.62 bits per heavy atom. The molecule has 0 radical (unpaired) electrons. The van der Waals surface area contributed by atoms with Crippen molar-refractivity contribution in [3.05, 3.63) is 22.1 Å². The van der Waals surface area contributed by atoms with Gasteiger partial charge in [-0.15, -0.1) is 0 Å². The zero-order valence-electron chi connectivity index (χ0n) is 8.30. The molecule has 16 heavy (non-hydrogen) atoms. The highest BCUT2D eigenvalue weighted by Crippen LogP contribution is 2.31. The minimum atomic E-state index is -4.77. The van der Waals surface area contributed by atoms with Crippen molar-refractivity contribution in [3.63, 3.8) is 0 Å². The maximum absolute atomic E-state index is 12.5. The first kappa shape index (κ1) is 12.5. The fourth-order valence-electron chi connectivity index (χ4n) is 1.10. The summed E-state index contributed by atoms with van der Waals surface area (Å²) in [5, 5.41) is 16.0. The molecule has 1 aromatic heterocycles. The first-order valence-electron chi connectivity index (χ1n) is 4.38. The normalized spacial score (nSPS) is 13.6. The Labute approximate surface area is 88.3 Å². The van der Waals surface area contributed by atoms with E-state index in [1.807, 2.05) is 0 Å². The Balaban J connectivity index is 3.19. The summed E-state index contributed by atoms with van der Waals surface area (Å²) in [7, 11) is 0. The van der Waals surface area contributed by atoms with E-state index < -0.39 is 29.0 Å². The SMILES string of the molecule is C[C@@H](CO)Nc1cn[nH]c(=O)c1C(F)(F)F. The molecule has 0 saturated carbocycles. The van der Waals surface area contributed by atoms with Crippen LogP contribution in [0.4, 0.5) is 18.9 Å². The molecule has 1 rings (SSSR count). The van der Waals surface area contributed by atoms with Crippen LogP contribution < -0.4 is 10.9 Å². The highest BCUT2D eigenvalue weighted by Gasteiger charge is 2.37. The number of aromatic nitrogens is 2. The van der Waals surface area contributed by atoms with Crippen molar-refractivity contribution in [3.8, 4) is 0 Å². The van der Waals surface area contributed by atoms with Crippen LogP contribution in [0.15, 0.2) is 11.0 Å². The van der Waals surface area contributed by atoms with E-state index in [9.17, 15) is 18.0 Å². The molecule has 0 aliphatic carbocycles. The van der Waals surface area contributed by atoms with Crippen LogP contribution in [-0.4, -0.2) is 28.0 Å². The lowest BCUT2D eigenvalue weighted by atomic mass is 10.2. The summed E-state index contributed by atoms with van der Waals surface area (Å²) in [6, 6.07) is -0.607. The summed E-state index contributed by atoms with van der Waals surface area (Å²) in [5.41, 5.74) is -3.11. The molecule has 0 unspecified atom stereocenters. The molecule has 0 saturated heterocycles. The molecular formula is C8H10F3N3O2. The molecule has 1 atom stereocenters. The van der Waals surface area contributed by atoms with E-state index in [2.05, 4.69) is 10.4 Å². The van der Waals surface area contributed by atoms with Crippen molar-refractivity contribution in [1.29, 1.82) is 0 Å². The number of H-pyrrole nitrogens is 1. The van der Waals surface area contributed by atoms with Crippen molar-refractivity contribution in [2.75, 3.05) is 11.9 Å². The third-order valence-electron chi connectivity index (χ3n) is 1.82. The van der Waals surface area contributed by atoms with Crippen LogP contribution in [0.25, 0.3) is 0 Å². The van der Waals surface area contributed by atoms with E-state index in [0.717, 1.165) is 6.20 Å². The van der Waals surface area contributed by atoms with Gasteiger partial charge in [-0.25, -0.2) is 5.10 Å². The van der Waals surface area contributed by atoms with Crippen LogP contribution in [0.5, 0.6) is 0 Å². The number of aliphatic hydroxyl groups excluding tert-OH is 1. The molecule has 0 bridgehead atoms. The van der Waals surface area contributed by atoms with Crippen LogP contribution >= 0.6 is 0 Å². The molecule has 0 aliphatic heterocycles. The number of aliphatic hydroxyl groups is 1. The van der Waals surface area contributed by atoms with Gasteiger partial charge < -0.3 is 10.4 Å². The van der Waals surface area contributed by atoms with Crippen molar-refractivity contribution in [2.45, 2.75) is 19.1 Å². The number of halogens is 3. The van der Waals surface area contributed by atoms with E-state index >= 15 is 0 Å². The van der Waals surface area contributed by atoms with Crippen LogP contribution in [0.2, 0.25) is 0 Å². The first-order valence-corrected chi connectivity index (χ1v) is 4.38. The number of rotatable bonds is 3. The Kier molecular flexibility index (Phi) is 3.53. The van der Waals surface area contributed by atoms with Crippen LogP contribution in [-0.2, 0) is 6.18 Å². The van der Waals surface area contributed by atoms with Crippen molar-refractivity contribution in [1.82, 2.24) is 10.2 Å². The van der Waals surface area contributed by atoms with Crippen molar-refractivity contribution in [2.24, 2.45) is 0 Å². The quantitative estimate of drug-likeness (QED) is 0.718. The Morgan fingerprint density at radius 3 is 2.75 bits per heavy atom. The lowest BCUT2D eigenvalue weighted by molar-refractivity contribution is -0.138. The number of hydrogen-bond donors (Lipinski definition) is 3. The third-order valence-corrected chi connectivity index (χ3v) is 1.82. The topological polar surface area (TPSA) is 78.0 Å². The largest absolute Gasteiger partial charge is 0.423 e. The van der Waals surface area contributed by atoms with Gasteiger partial charge in [0.2, 0.25) is 0 Å². The number of hydrogen-bond acceptors (Lipinski definition) is 4. The van der Waals surface area contributed by atoms with Crippen molar-refractivity contribution >= 4 is 5.69 Å². The summed E-state index contributed by atoms with van der Waals surface area (Å²) in [6.45, 7) is 1.12. The third kappa shape index (κ3) is 2.72. The number of nitrogens with zero attached hydrogens (tertiary/aromatic N) is 1. The highest BCUT2D eigenvalue weighted by atomic mass is 19.4. The van der Waals surface area contributed by atoms with Gasteiger partial charge in [0.25, 0.3) is 5.56 Å². The van der Waals surface area contributed by atoms with E-state index in [0.29, 0.717) is 0 Å². The standard InChI is InChI=1S/C8H10F3N3O2/c1-4(3-15)13-5-2-12-14-7(16)6(5)8(9,10)11/h2,4,15H,3H2,1H3,(H2,13,14,16)/t4-/m0/s1. The molecular weight excluding hydrogens is 227 g/mol. The second kappa shape index (κ2) is 4.52. The predicted octanol–water partition coefficient (Wildman–Crippen LogP) is 0.581. The summed E-state index contributed by atoms with van der Waals surface area (Å²) >= 11 is 0. The van der Waals surface area contributed by atoms with Crippen LogP contribution in [0, 0.1) is 0 Å². The number of alkyl halides is 3. The molecule has 3 N–H and O–H groups in total. The van der Waals surface area contributed by atoms with Crippen LogP contribution in [0.1, 0.15) is 12.5 Å². The molecule has 5 nitrogen and oxygen atoms in total. The molecule has 90 valence electrons. The Bertz CT molecular complexity index is 416. The van der Waals surface area contributed by atoms with Gasteiger partial charge in [-0.2, -0.15) is 18.3 Å². The highest BCUT2D eigenvalue weighted by molar-refractivity contribution is 5.49. The second-order valence-corrected chi connectivity index (χ2v) is 3.21. The number of anilines is 1. The minimum absolute atomic E-state index is 0.357. The van der Waals surface area contributed by atoms with Gasteiger partial charge in [0.05, 0.1) is 18.5 Å². The zero-order chi connectivity index (χ0) is 12.3. The maximum Gasteiger partial charge on any atom is 0.423 e. The molecule has 1 heterocycles. The molecule has 1 aromatic rings. The molecule has 0 fully saturated rings. The monoisotopic (exact) mass is 237 g/mol. The predicted molar refractivity (Wildman–Crippen MR) is 50.0 cm³/mol.